The van der Waals surface area contributed by atoms with Crippen molar-refractivity contribution in [2.45, 2.75) is 0 Å². The molecule has 0 fully saturated rings. The smallest absolute Gasteiger partial charge is 0.132 e. The predicted molar refractivity (Wildman–Crippen MR) is 67.5 cm³/mol. The number of nitrogens with zero attached hydrogens (tertiary/aromatic N) is 1. The minimum absolute atomic E-state index is 0.463. The van der Waals surface area contributed by atoms with Crippen molar-refractivity contribution >= 4 is 17.2 Å². The van der Waals surface area contributed by atoms with Gasteiger partial charge in [0.1, 0.15) is 11.6 Å². The summed E-state index contributed by atoms with van der Waals surface area (Å²) in [7, 11) is 1.61. The van der Waals surface area contributed by atoms with E-state index in [9.17, 15) is 5.21 Å². The zero-order chi connectivity index (χ0) is 12.1. The van der Waals surface area contributed by atoms with Crippen molar-refractivity contribution in [3.05, 3.63) is 47.8 Å². The first kappa shape index (κ1) is 11.2. The maximum absolute atomic E-state index is 10.5. The summed E-state index contributed by atoms with van der Waals surface area (Å²) in [4.78, 5) is 4.11. The number of pyridine rings is 1. The summed E-state index contributed by atoms with van der Waals surface area (Å²) in [6.07, 6.45) is 1.56. The molecule has 88 valence electrons. The third-order valence-electron chi connectivity index (χ3n) is 2.22. The highest BCUT2D eigenvalue weighted by molar-refractivity contribution is 5.62. The fourth-order valence-electron chi connectivity index (χ4n) is 1.41. The van der Waals surface area contributed by atoms with Gasteiger partial charge in [-0.2, -0.15) is 0 Å². The maximum Gasteiger partial charge on any atom is 0.132 e. The molecule has 0 spiro atoms. The highest BCUT2D eigenvalue weighted by Crippen LogP contribution is 2.21. The monoisotopic (exact) mass is 230 g/mol. The molecule has 2 rings (SSSR count). The van der Waals surface area contributed by atoms with Crippen molar-refractivity contribution in [1.82, 2.24) is 4.98 Å². The molecule has 2 aromatic rings. The second-order valence-corrected chi connectivity index (χ2v) is 3.39. The molecule has 0 aliphatic heterocycles. The Balaban J connectivity index is 2.18. The third-order valence-corrected chi connectivity index (χ3v) is 2.22. The first-order chi connectivity index (χ1) is 8.31. The minimum Gasteiger partial charge on any atom is -0.761 e. The Kier molecular flexibility index (Phi) is 3.42. The SMILES string of the molecule is COc1cccc(Nc2cc(N[O-])ccn2)c1. The Morgan fingerprint density at radius 2 is 2.06 bits per heavy atom. The molecular formula is C12H12N3O2-. The molecular weight excluding hydrogens is 218 g/mol. The van der Waals surface area contributed by atoms with E-state index in [1.54, 1.807) is 25.4 Å². The van der Waals surface area contributed by atoms with E-state index in [0.29, 0.717) is 11.5 Å². The van der Waals surface area contributed by atoms with Crippen LogP contribution in [-0.2, 0) is 0 Å². The summed E-state index contributed by atoms with van der Waals surface area (Å²) in [5, 5.41) is 13.6. The molecule has 0 aliphatic rings. The predicted octanol–water partition coefficient (Wildman–Crippen LogP) is 2.74. The minimum atomic E-state index is 0.463. The summed E-state index contributed by atoms with van der Waals surface area (Å²) in [5.74, 6) is 1.35. The Bertz CT molecular complexity index is 457. The maximum atomic E-state index is 10.5. The number of ether oxygens (including phenoxy) is 1. The Morgan fingerprint density at radius 1 is 1.18 bits per heavy atom. The Hall–Kier alpha value is -2.27. The quantitative estimate of drug-likeness (QED) is 0.790. The van der Waals surface area contributed by atoms with Gasteiger partial charge in [0, 0.05) is 29.7 Å². The van der Waals surface area contributed by atoms with Crippen LogP contribution < -0.4 is 15.5 Å². The molecule has 0 unspecified atom stereocenters. The van der Waals surface area contributed by atoms with Crippen LogP contribution in [0.25, 0.3) is 0 Å². The van der Waals surface area contributed by atoms with Gasteiger partial charge in [0.2, 0.25) is 0 Å². The highest BCUT2D eigenvalue weighted by atomic mass is 16.5. The van der Waals surface area contributed by atoms with Crippen molar-refractivity contribution in [3.63, 3.8) is 0 Å². The van der Waals surface area contributed by atoms with E-state index >= 15 is 0 Å². The van der Waals surface area contributed by atoms with Gasteiger partial charge in [-0.1, -0.05) is 6.07 Å². The second kappa shape index (κ2) is 5.18. The van der Waals surface area contributed by atoms with Crippen molar-refractivity contribution in [2.24, 2.45) is 0 Å². The van der Waals surface area contributed by atoms with Crippen molar-refractivity contribution in [1.29, 1.82) is 0 Å². The van der Waals surface area contributed by atoms with Crippen LogP contribution >= 0.6 is 0 Å². The van der Waals surface area contributed by atoms with Gasteiger partial charge in [-0.3, -0.25) is 0 Å². The largest absolute Gasteiger partial charge is 0.761 e. The number of methoxy groups -OCH3 is 1. The number of anilines is 3. The molecule has 1 aromatic carbocycles. The summed E-state index contributed by atoms with van der Waals surface area (Å²) >= 11 is 0. The lowest BCUT2D eigenvalue weighted by molar-refractivity contribution is 0.415. The van der Waals surface area contributed by atoms with E-state index in [1.165, 1.54) is 0 Å². The van der Waals surface area contributed by atoms with E-state index in [-0.39, 0.29) is 0 Å². The molecule has 0 amide bonds. The van der Waals surface area contributed by atoms with E-state index < -0.39 is 0 Å². The van der Waals surface area contributed by atoms with Crippen molar-refractivity contribution in [2.75, 3.05) is 17.9 Å². The molecule has 1 heterocycles. The van der Waals surface area contributed by atoms with Crippen LogP contribution in [0.3, 0.4) is 0 Å². The van der Waals surface area contributed by atoms with Gasteiger partial charge in [-0.05, 0) is 18.2 Å². The second-order valence-electron chi connectivity index (χ2n) is 3.39. The van der Waals surface area contributed by atoms with E-state index in [2.05, 4.69) is 10.3 Å². The van der Waals surface area contributed by atoms with Crippen LogP contribution in [0.5, 0.6) is 5.75 Å². The lowest BCUT2D eigenvalue weighted by Crippen LogP contribution is -1.95. The summed E-state index contributed by atoms with van der Waals surface area (Å²) < 4.78 is 5.11. The normalized spacial score (nSPS) is 9.76. The van der Waals surface area contributed by atoms with Gasteiger partial charge in [0.25, 0.3) is 0 Å². The summed E-state index contributed by atoms with van der Waals surface area (Å²) in [5.41, 5.74) is 3.13. The standard InChI is InChI=1S/C12H12N3O2/c1-17-11-4-2-3-9(7-11)14-12-8-10(15-16)5-6-13-12/h2-8H,1H3,(H2-,13,14,15,16)/q-1. The highest BCUT2D eigenvalue weighted by Gasteiger charge is 1.98. The first-order valence-corrected chi connectivity index (χ1v) is 5.07. The zero-order valence-electron chi connectivity index (χ0n) is 9.31. The number of rotatable bonds is 4. The molecule has 5 nitrogen and oxygen atoms in total. The van der Waals surface area contributed by atoms with Crippen LogP contribution in [0.1, 0.15) is 0 Å². The van der Waals surface area contributed by atoms with E-state index in [0.717, 1.165) is 11.4 Å². The lowest BCUT2D eigenvalue weighted by atomic mass is 10.3. The van der Waals surface area contributed by atoms with E-state index in [1.807, 2.05) is 29.7 Å². The number of benzene rings is 1. The average Bonchev–Trinajstić information content (AvgIpc) is 2.39. The van der Waals surface area contributed by atoms with Crippen molar-refractivity contribution < 1.29 is 4.74 Å². The molecule has 5 heteroatoms. The third kappa shape index (κ3) is 2.85. The van der Waals surface area contributed by atoms with Crippen LogP contribution in [0.2, 0.25) is 0 Å². The van der Waals surface area contributed by atoms with Crippen LogP contribution in [-0.4, -0.2) is 12.1 Å². The average molecular weight is 230 g/mol. The van der Waals surface area contributed by atoms with Gasteiger partial charge >= 0.3 is 0 Å². The van der Waals surface area contributed by atoms with Gasteiger partial charge in [0.05, 0.1) is 7.11 Å². The van der Waals surface area contributed by atoms with Gasteiger partial charge < -0.3 is 20.7 Å². The molecule has 0 atom stereocenters. The van der Waals surface area contributed by atoms with Crippen molar-refractivity contribution in [3.8, 4) is 5.75 Å². The summed E-state index contributed by atoms with van der Waals surface area (Å²) in [6.45, 7) is 0. The van der Waals surface area contributed by atoms with Gasteiger partial charge in [-0.15, -0.1) is 0 Å². The fraction of sp³-hybridized carbons (Fsp3) is 0.0833. The molecule has 0 saturated heterocycles. The molecule has 0 radical (unpaired) electrons. The van der Waals surface area contributed by atoms with Crippen LogP contribution in [0.4, 0.5) is 17.2 Å². The number of nitrogens with one attached hydrogen (secondary N) is 2. The van der Waals surface area contributed by atoms with E-state index in [4.69, 9.17) is 4.74 Å². The molecule has 0 aliphatic carbocycles. The Morgan fingerprint density at radius 3 is 2.82 bits per heavy atom. The summed E-state index contributed by atoms with van der Waals surface area (Å²) in [6, 6.07) is 10.7. The molecule has 0 saturated carbocycles. The van der Waals surface area contributed by atoms with Crippen LogP contribution in [0, 0.1) is 5.21 Å². The lowest BCUT2D eigenvalue weighted by Gasteiger charge is -2.11. The van der Waals surface area contributed by atoms with Gasteiger partial charge in [0.15, 0.2) is 0 Å². The molecule has 1 aromatic heterocycles. The molecule has 17 heavy (non-hydrogen) atoms. The van der Waals surface area contributed by atoms with Gasteiger partial charge in [-0.25, -0.2) is 4.98 Å². The first-order valence-electron chi connectivity index (χ1n) is 5.07. The number of hydrogen-bond donors (Lipinski definition) is 2. The molecule has 2 N–H and O–H groups in total. The molecule has 0 bridgehead atoms. The topological polar surface area (TPSA) is 69.2 Å². The fourth-order valence-corrected chi connectivity index (χ4v) is 1.41. The number of hydrogen-bond acceptors (Lipinski definition) is 5. The zero-order valence-corrected chi connectivity index (χ0v) is 9.31. The van der Waals surface area contributed by atoms with Crippen LogP contribution in [0.15, 0.2) is 42.6 Å². The Labute approximate surface area is 99.0 Å². The number of aromatic nitrogens is 1.